The van der Waals surface area contributed by atoms with Gasteiger partial charge in [-0.2, -0.15) is 0 Å². The van der Waals surface area contributed by atoms with E-state index in [0.29, 0.717) is 23.4 Å². The van der Waals surface area contributed by atoms with Crippen molar-refractivity contribution in [2.75, 3.05) is 7.11 Å². The van der Waals surface area contributed by atoms with Gasteiger partial charge in [-0.25, -0.2) is 13.2 Å². The number of rotatable bonds is 3. The molecule has 0 fully saturated rings. The molecule has 19 heavy (non-hydrogen) atoms. The average Bonchev–Trinajstić information content (AvgIpc) is 2.37. The van der Waals surface area contributed by atoms with E-state index in [-0.39, 0.29) is 5.56 Å². The van der Waals surface area contributed by atoms with E-state index in [1.165, 1.54) is 7.11 Å². The van der Waals surface area contributed by atoms with E-state index in [9.17, 15) is 13.2 Å². The normalized spacial score (nSPS) is 12.3. The van der Waals surface area contributed by atoms with Crippen LogP contribution in [0.5, 0.6) is 5.75 Å². The zero-order chi connectivity index (χ0) is 14.0. The highest BCUT2D eigenvalue weighted by Gasteiger charge is 2.23. The molecular formula is C14H10BrF3O. The van der Waals surface area contributed by atoms with Crippen molar-refractivity contribution in [2.45, 2.75) is 4.83 Å². The number of alkyl halides is 1. The van der Waals surface area contributed by atoms with Crippen molar-refractivity contribution >= 4 is 15.9 Å². The molecule has 0 radical (unpaired) electrons. The van der Waals surface area contributed by atoms with Gasteiger partial charge in [0, 0.05) is 23.3 Å². The third-order valence-electron chi connectivity index (χ3n) is 2.71. The molecular weight excluding hydrogens is 321 g/mol. The molecule has 0 spiro atoms. The predicted molar refractivity (Wildman–Crippen MR) is 70.1 cm³/mol. The minimum Gasteiger partial charge on any atom is -0.496 e. The molecule has 0 aliphatic heterocycles. The second-order valence-corrected chi connectivity index (χ2v) is 4.80. The lowest BCUT2D eigenvalue weighted by Crippen LogP contribution is -2.03. The molecule has 0 heterocycles. The van der Waals surface area contributed by atoms with Gasteiger partial charge < -0.3 is 4.74 Å². The number of para-hydroxylation sites is 1. The standard InChI is InChI=1S/C14H10BrF3O/c1-19-12-5-3-2-4-9(12)14(15)13-10(17)6-8(16)7-11(13)18/h2-7,14H,1H3. The molecule has 0 saturated heterocycles. The fourth-order valence-electron chi connectivity index (χ4n) is 1.83. The molecule has 0 aliphatic carbocycles. The van der Waals surface area contributed by atoms with Gasteiger partial charge in [-0.05, 0) is 6.07 Å². The van der Waals surface area contributed by atoms with Gasteiger partial charge in [0.05, 0.1) is 11.9 Å². The maximum atomic E-state index is 13.7. The second-order valence-electron chi connectivity index (χ2n) is 3.89. The van der Waals surface area contributed by atoms with Crippen molar-refractivity contribution in [1.82, 2.24) is 0 Å². The summed E-state index contributed by atoms with van der Waals surface area (Å²) in [5.41, 5.74) is 0.320. The van der Waals surface area contributed by atoms with Gasteiger partial charge in [-0.1, -0.05) is 34.1 Å². The first-order valence-electron chi connectivity index (χ1n) is 5.46. The first-order valence-corrected chi connectivity index (χ1v) is 6.37. The zero-order valence-corrected chi connectivity index (χ0v) is 11.5. The second kappa shape index (κ2) is 5.65. The number of halogens is 4. The molecule has 0 amide bonds. The van der Waals surface area contributed by atoms with Gasteiger partial charge in [0.15, 0.2) is 0 Å². The third-order valence-corrected chi connectivity index (χ3v) is 3.66. The van der Waals surface area contributed by atoms with Crippen molar-refractivity contribution in [2.24, 2.45) is 0 Å². The summed E-state index contributed by atoms with van der Waals surface area (Å²) in [4.78, 5) is -0.760. The smallest absolute Gasteiger partial charge is 0.133 e. The van der Waals surface area contributed by atoms with E-state index >= 15 is 0 Å². The van der Waals surface area contributed by atoms with Crippen LogP contribution in [0, 0.1) is 17.5 Å². The van der Waals surface area contributed by atoms with Crippen LogP contribution in [0.15, 0.2) is 36.4 Å². The largest absolute Gasteiger partial charge is 0.496 e. The van der Waals surface area contributed by atoms with E-state index in [1.807, 2.05) is 0 Å². The van der Waals surface area contributed by atoms with E-state index in [1.54, 1.807) is 24.3 Å². The van der Waals surface area contributed by atoms with Crippen LogP contribution >= 0.6 is 15.9 Å². The van der Waals surface area contributed by atoms with Crippen LogP contribution in [0.3, 0.4) is 0 Å². The van der Waals surface area contributed by atoms with Gasteiger partial charge in [0.2, 0.25) is 0 Å². The van der Waals surface area contributed by atoms with Crippen LogP contribution in [0.1, 0.15) is 16.0 Å². The SMILES string of the molecule is COc1ccccc1C(Br)c1c(F)cc(F)cc1F. The Labute approximate surface area is 117 Å². The van der Waals surface area contributed by atoms with E-state index < -0.39 is 22.3 Å². The van der Waals surface area contributed by atoms with Crippen molar-refractivity contribution in [3.63, 3.8) is 0 Å². The molecule has 0 saturated carbocycles. The molecule has 1 atom stereocenters. The maximum absolute atomic E-state index is 13.7. The first kappa shape index (κ1) is 13.9. The Morgan fingerprint density at radius 1 is 1.05 bits per heavy atom. The summed E-state index contributed by atoms with van der Waals surface area (Å²) in [6.45, 7) is 0. The highest BCUT2D eigenvalue weighted by atomic mass is 79.9. The molecule has 0 bridgehead atoms. The molecule has 0 N–H and O–H groups in total. The fraction of sp³-hybridized carbons (Fsp3) is 0.143. The minimum atomic E-state index is -0.946. The molecule has 1 unspecified atom stereocenters. The van der Waals surface area contributed by atoms with Crippen LogP contribution in [0.2, 0.25) is 0 Å². The highest BCUT2D eigenvalue weighted by Crippen LogP contribution is 2.38. The van der Waals surface area contributed by atoms with E-state index in [2.05, 4.69) is 15.9 Å². The lowest BCUT2D eigenvalue weighted by atomic mass is 10.0. The Morgan fingerprint density at radius 3 is 2.21 bits per heavy atom. The number of ether oxygens (including phenoxy) is 1. The number of hydrogen-bond acceptors (Lipinski definition) is 1. The van der Waals surface area contributed by atoms with Crippen LogP contribution in [0.25, 0.3) is 0 Å². The summed E-state index contributed by atoms with van der Waals surface area (Å²) in [7, 11) is 1.47. The molecule has 2 aromatic rings. The summed E-state index contributed by atoms with van der Waals surface area (Å²) >= 11 is 3.23. The van der Waals surface area contributed by atoms with Gasteiger partial charge in [-0.15, -0.1) is 0 Å². The summed E-state index contributed by atoms with van der Waals surface area (Å²) in [5, 5.41) is 0. The number of methoxy groups -OCH3 is 1. The number of hydrogen-bond donors (Lipinski definition) is 0. The van der Waals surface area contributed by atoms with Crippen LogP contribution in [0.4, 0.5) is 13.2 Å². The van der Waals surface area contributed by atoms with Gasteiger partial charge in [0.25, 0.3) is 0 Å². The molecule has 2 aromatic carbocycles. The molecule has 0 aliphatic rings. The van der Waals surface area contributed by atoms with Crippen molar-refractivity contribution in [1.29, 1.82) is 0 Å². The summed E-state index contributed by atoms with van der Waals surface area (Å²) < 4.78 is 45.5. The Hall–Kier alpha value is -1.49. The summed E-state index contributed by atoms with van der Waals surface area (Å²) in [6.07, 6.45) is 0. The monoisotopic (exact) mass is 330 g/mol. The first-order chi connectivity index (χ1) is 9.04. The van der Waals surface area contributed by atoms with Crippen molar-refractivity contribution in [3.8, 4) is 5.75 Å². The fourth-order valence-corrected chi connectivity index (χ4v) is 2.64. The Morgan fingerprint density at radius 2 is 1.63 bits per heavy atom. The quantitative estimate of drug-likeness (QED) is 0.747. The van der Waals surface area contributed by atoms with Crippen molar-refractivity contribution < 1.29 is 17.9 Å². The Kier molecular flexibility index (Phi) is 4.14. The zero-order valence-electron chi connectivity index (χ0n) is 9.96. The van der Waals surface area contributed by atoms with Gasteiger partial charge >= 0.3 is 0 Å². The lowest BCUT2D eigenvalue weighted by molar-refractivity contribution is 0.410. The molecule has 100 valence electrons. The minimum absolute atomic E-state index is 0.245. The van der Waals surface area contributed by atoms with Gasteiger partial charge in [-0.3, -0.25) is 0 Å². The summed E-state index contributed by atoms with van der Waals surface area (Å²) in [6, 6.07) is 8.15. The topological polar surface area (TPSA) is 9.23 Å². The lowest BCUT2D eigenvalue weighted by Gasteiger charge is -2.16. The summed E-state index contributed by atoms with van der Waals surface area (Å²) in [5.74, 6) is -2.33. The molecule has 1 nitrogen and oxygen atoms in total. The third kappa shape index (κ3) is 2.76. The van der Waals surface area contributed by atoms with Gasteiger partial charge in [0.1, 0.15) is 23.2 Å². The average molecular weight is 331 g/mol. The van der Waals surface area contributed by atoms with E-state index in [4.69, 9.17) is 4.74 Å². The predicted octanol–water partition coefficient (Wildman–Crippen LogP) is 4.60. The number of benzene rings is 2. The Balaban J connectivity index is 2.53. The van der Waals surface area contributed by atoms with Crippen LogP contribution in [-0.2, 0) is 0 Å². The van der Waals surface area contributed by atoms with Crippen LogP contribution in [-0.4, -0.2) is 7.11 Å². The van der Waals surface area contributed by atoms with E-state index in [0.717, 1.165) is 0 Å². The molecule has 0 aromatic heterocycles. The molecule has 5 heteroatoms. The Bertz CT molecular complexity index is 578. The van der Waals surface area contributed by atoms with Crippen LogP contribution < -0.4 is 4.74 Å². The highest BCUT2D eigenvalue weighted by molar-refractivity contribution is 9.09. The molecule has 2 rings (SSSR count). The maximum Gasteiger partial charge on any atom is 0.133 e. The van der Waals surface area contributed by atoms with Crippen molar-refractivity contribution in [3.05, 3.63) is 65.0 Å².